The lowest BCUT2D eigenvalue weighted by molar-refractivity contribution is 0.627. The molecular formula is C42H31N5. The third-order valence-electron chi connectivity index (χ3n) is 9.17. The van der Waals surface area contributed by atoms with Crippen LogP contribution < -0.4 is 4.90 Å². The summed E-state index contributed by atoms with van der Waals surface area (Å²) >= 11 is 0. The maximum Gasteiger partial charge on any atom is 0.163 e. The molecule has 0 N–H and O–H groups in total. The van der Waals surface area contributed by atoms with Gasteiger partial charge in [0.05, 0.1) is 28.7 Å². The molecule has 3 heterocycles. The number of allylic oxidation sites excluding steroid dienone is 4. The van der Waals surface area contributed by atoms with Gasteiger partial charge in [0.15, 0.2) is 11.6 Å². The second kappa shape index (κ2) is 10.6. The first-order chi connectivity index (χ1) is 23.0. The largest absolute Gasteiger partial charge is 0.310 e. The van der Waals surface area contributed by atoms with E-state index in [0.29, 0.717) is 17.5 Å². The van der Waals surface area contributed by atoms with E-state index in [-0.39, 0.29) is 11.3 Å². The molecule has 47 heavy (non-hydrogen) atoms. The highest BCUT2D eigenvalue weighted by molar-refractivity contribution is 6.34. The normalized spacial score (nSPS) is 16.8. The fourth-order valence-electron chi connectivity index (χ4n) is 6.97. The van der Waals surface area contributed by atoms with Gasteiger partial charge in [0.2, 0.25) is 0 Å². The summed E-state index contributed by atoms with van der Waals surface area (Å²) in [6.45, 7) is 4.48. The topological polar surface area (TPSA) is 54.3 Å². The molecule has 0 fully saturated rings. The molecular weight excluding hydrogens is 574 g/mol. The van der Waals surface area contributed by atoms with Gasteiger partial charge >= 0.3 is 0 Å². The highest BCUT2D eigenvalue weighted by atomic mass is 15.2. The van der Waals surface area contributed by atoms with E-state index >= 15 is 0 Å². The maximum atomic E-state index is 5.23. The van der Waals surface area contributed by atoms with Gasteiger partial charge in [-0.25, -0.2) is 19.9 Å². The second-order valence-corrected chi connectivity index (χ2v) is 12.9. The zero-order valence-corrected chi connectivity index (χ0v) is 26.2. The average Bonchev–Trinajstić information content (AvgIpc) is 3.46. The highest BCUT2D eigenvalue weighted by Crippen LogP contribution is 2.54. The number of fused-ring (bicyclic) bond motifs is 5. The smallest absolute Gasteiger partial charge is 0.163 e. The first kappa shape index (κ1) is 27.4. The molecule has 224 valence electrons. The van der Waals surface area contributed by atoms with Crippen molar-refractivity contribution in [3.05, 3.63) is 168 Å². The van der Waals surface area contributed by atoms with Crippen molar-refractivity contribution in [1.82, 2.24) is 15.0 Å². The molecule has 0 bridgehead atoms. The van der Waals surface area contributed by atoms with Gasteiger partial charge in [-0.1, -0.05) is 123 Å². The van der Waals surface area contributed by atoms with E-state index in [1.54, 1.807) is 0 Å². The Bertz CT molecular complexity index is 2210. The quantitative estimate of drug-likeness (QED) is 0.200. The monoisotopic (exact) mass is 605 g/mol. The third-order valence-corrected chi connectivity index (χ3v) is 9.17. The highest BCUT2D eigenvalue weighted by Gasteiger charge is 2.37. The predicted molar refractivity (Wildman–Crippen MR) is 191 cm³/mol. The van der Waals surface area contributed by atoms with E-state index in [1.165, 1.54) is 5.57 Å². The Morgan fingerprint density at radius 2 is 1.23 bits per heavy atom. The molecule has 5 heteroatoms. The van der Waals surface area contributed by atoms with Crippen molar-refractivity contribution < 1.29 is 0 Å². The number of nitrogens with zero attached hydrogens (tertiary/aromatic N) is 5. The number of para-hydroxylation sites is 2. The number of rotatable bonds is 4. The molecule has 5 aromatic carbocycles. The fourth-order valence-corrected chi connectivity index (χ4v) is 6.97. The van der Waals surface area contributed by atoms with Crippen molar-refractivity contribution in [3.8, 4) is 22.8 Å². The zero-order valence-electron chi connectivity index (χ0n) is 26.2. The van der Waals surface area contributed by atoms with E-state index in [2.05, 4.69) is 128 Å². The molecule has 6 aromatic rings. The Morgan fingerprint density at radius 3 is 1.91 bits per heavy atom. The summed E-state index contributed by atoms with van der Waals surface area (Å²) in [7, 11) is 0. The minimum Gasteiger partial charge on any atom is -0.310 e. The van der Waals surface area contributed by atoms with E-state index in [9.17, 15) is 0 Å². The Labute approximate surface area is 274 Å². The minimum atomic E-state index is -0.247. The molecule has 1 aliphatic carbocycles. The van der Waals surface area contributed by atoms with Crippen molar-refractivity contribution in [2.24, 2.45) is 10.4 Å². The van der Waals surface area contributed by atoms with E-state index in [4.69, 9.17) is 19.9 Å². The Balaban J connectivity index is 1.33. The van der Waals surface area contributed by atoms with Crippen molar-refractivity contribution in [2.75, 3.05) is 4.90 Å². The lowest BCUT2D eigenvalue weighted by Crippen LogP contribution is -2.24. The predicted octanol–water partition coefficient (Wildman–Crippen LogP) is 10.2. The molecule has 2 aliphatic heterocycles. The standard InChI is InChI=1S/C42H31N5/c1-42(2)23-22-34-33(26-42)31-25-37-32(24-35(31)43-34)38(30-20-12-13-21-36(30)47(37)29-18-10-5-11-19-29)41-45-39(27-14-6-3-7-15-27)44-40(46-41)28-16-8-4-9-17-28/h3-26,38H,1-2H3. The summed E-state index contributed by atoms with van der Waals surface area (Å²) < 4.78 is 0. The van der Waals surface area contributed by atoms with Gasteiger partial charge in [-0.2, -0.15) is 0 Å². The van der Waals surface area contributed by atoms with E-state index < -0.39 is 0 Å². The first-order valence-corrected chi connectivity index (χ1v) is 16.0. The van der Waals surface area contributed by atoms with Gasteiger partial charge in [-0.3, -0.25) is 0 Å². The van der Waals surface area contributed by atoms with E-state index in [1.807, 2.05) is 36.4 Å². The van der Waals surface area contributed by atoms with Crippen molar-refractivity contribution in [3.63, 3.8) is 0 Å². The van der Waals surface area contributed by atoms with Gasteiger partial charge < -0.3 is 4.90 Å². The van der Waals surface area contributed by atoms with Crippen molar-refractivity contribution >= 4 is 34.0 Å². The van der Waals surface area contributed by atoms with Crippen LogP contribution in [-0.4, -0.2) is 20.7 Å². The summed E-state index contributed by atoms with van der Waals surface area (Å²) in [6, 6.07) is 44.2. The summed E-state index contributed by atoms with van der Waals surface area (Å²) in [5, 5.41) is 0. The zero-order chi connectivity index (χ0) is 31.5. The summed E-state index contributed by atoms with van der Waals surface area (Å²) in [4.78, 5) is 23.0. The molecule has 1 atom stereocenters. The Kier molecular flexibility index (Phi) is 6.15. The van der Waals surface area contributed by atoms with Crippen LogP contribution in [0.4, 0.5) is 22.7 Å². The van der Waals surface area contributed by atoms with E-state index in [0.717, 1.165) is 56.3 Å². The van der Waals surface area contributed by atoms with Crippen LogP contribution >= 0.6 is 0 Å². The van der Waals surface area contributed by atoms with Crippen LogP contribution in [-0.2, 0) is 0 Å². The second-order valence-electron chi connectivity index (χ2n) is 12.9. The molecule has 9 rings (SSSR count). The molecule has 0 saturated heterocycles. The maximum absolute atomic E-state index is 5.23. The summed E-state index contributed by atoms with van der Waals surface area (Å²) in [5.74, 6) is 1.78. The number of aliphatic imine (C=N–C) groups is 1. The Hall–Kier alpha value is -5.94. The van der Waals surface area contributed by atoms with Crippen LogP contribution in [0.25, 0.3) is 28.3 Å². The summed E-state index contributed by atoms with van der Waals surface area (Å²) in [6.07, 6.45) is 6.74. The number of anilines is 3. The van der Waals surface area contributed by atoms with Gasteiger partial charge in [0, 0.05) is 33.4 Å². The molecule has 1 aromatic heterocycles. The Morgan fingerprint density at radius 1 is 0.617 bits per heavy atom. The summed E-state index contributed by atoms with van der Waals surface area (Å²) in [5.41, 5.74) is 11.8. The van der Waals surface area contributed by atoms with Crippen molar-refractivity contribution in [1.29, 1.82) is 0 Å². The number of aromatic nitrogens is 3. The van der Waals surface area contributed by atoms with Gasteiger partial charge in [-0.05, 0) is 47.5 Å². The lowest BCUT2D eigenvalue weighted by Gasteiger charge is -2.37. The van der Waals surface area contributed by atoms with Crippen LogP contribution in [0.1, 0.15) is 42.3 Å². The van der Waals surface area contributed by atoms with Gasteiger partial charge in [0.1, 0.15) is 5.82 Å². The fraction of sp³-hybridized carbons (Fsp3) is 0.0952. The van der Waals surface area contributed by atoms with Gasteiger partial charge in [0.25, 0.3) is 0 Å². The SMILES string of the molecule is CC1(C)C=CC2=Nc3cc4c(cc3C2=C1)N(c1ccccc1)c1ccccc1C4c1nc(-c2ccccc2)nc(-c2ccccc2)n1. The van der Waals surface area contributed by atoms with Gasteiger partial charge in [-0.15, -0.1) is 0 Å². The molecule has 0 radical (unpaired) electrons. The van der Waals surface area contributed by atoms with Crippen LogP contribution in [0.3, 0.4) is 0 Å². The number of hydrogen-bond donors (Lipinski definition) is 0. The third kappa shape index (κ3) is 4.62. The minimum absolute atomic E-state index is 0.0489. The first-order valence-electron chi connectivity index (χ1n) is 16.0. The molecule has 5 nitrogen and oxygen atoms in total. The van der Waals surface area contributed by atoms with Crippen LogP contribution in [0.15, 0.2) is 151 Å². The number of benzene rings is 5. The van der Waals surface area contributed by atoms with Crippen LogP contribution in [0, 0.1) is 5.41 Å². The van der Waals surface area contributed by atoms with Crippen LogP contribution in [0.2, 0.25) is 0 Å². The lowest BCUT2D eigenvalue weighted by atomic mass is 9.80. The molecule has 0 saturated carbocycles. The molecule has 1 unspecified atom stereocenters. The molecule has 3 aliphatic rings. The molecule has 0 amide bonds. The van der Waals surface area contributed by atoms with Crippen molar-refractivity contribution in [2.45, 2.75) is 19.8 Å². The average molecular weight is 606 g/mol. The van der Waals surface area contributed by atoms with Crippen LogP contribution in [0.5, 0.6) is 0 Å². The number of hydrogen-bond acceptors (Lipinski definition) is 5. The molecule has 0 spiro atoms.